The lowest BCUT2D eigenvalue weighted by atomic mass is 10.3. The second-order valence-electron chi connectivity index (χ2n) is 4.35. The van der Waals surface area contributed by atoms with Crippen molar-refractivity contribution in [2.24, 2.45) is 0 Å². The van der Waals surface area contributed by atoms with Crippen LogP contribution in [0.3, 0.4) is 0 Å². The Balaban J connectivity index is 1.88. The summed E-state index contributed by atoms with van der Waals surface area (Å²) in [6, 6.07) is 5.09. The molecule has 2 heterocycles. The Bertz CT molecular complexity index is 856. The van der Waals surface area contributed by atoms with Crippen LogP contribution in [-0.4, -0.2) is 21.5 Å². The molecule has 8 heteroatoms. The van der Waals surface area contributed by atoms with Crippen LogP contribution in [0.1, 0.15) is 17.8 Å². The first-order valence-electron chi connectivity index (χ1n) is 6.50. The monoisotopic (exact) mass is 334 g/mol. The van der Waals surface area contributed by atoms with E-state index in [0.717, 1.165) is 11.4 Å². The van der Waals surface area contributed by atoms with Crippen LogP contribution in [0.4, 0.5) is 5.13 Å². The Labute approximate surface area is 134 Å². The average molecular weight is 335 g/mol. The van der Waals surface area contributed by atoms with Gasteiger partial charge in [-0.1, -0.05) is 29.9 Å². The summed E-state index contributed by atoms with van der Waals surface area (Å²) in [6.07, 6.45) is 2.98. The fourth-order valence-electron chi connectivity index (χ4n) is 1.76. The van der Waals surface area contributed by atoms with E-state index in [1.807, 2.05) is 6.92 Å². The predicted molar refractivity (Wildman–Crippen MR) is 86.0 cm³/mol. The van der Waals surface area contributed by atoms with Crippen LogP contribution in [0.5, 0.6) is 0 Å². The third-order valence-corrected chi connectivity index (χ3v) is 4.08. The van der Waals surface area contributed by atoms with Gasteiger partial charge in [-0.15, -0.1) is 10.2 Å². The molecule has 0 fully saturated rings. The Kier molecular flexibility index (Phi) is 4.17. The number of nitrogens with one attached hydrogen (secondary N) is 1. The molecule has 6 nitrogen and oxygen atoms in total. The number of hydrogen-bond acceptors (Lipinski definition) is 7. The molecule has 0 aliphatic rings. The van der Waals surface area contributed by atoms with Crippen molar-refractivity contribution in [2.75, 3.05) is 5.32 Å². The number of nitrogens with zero attached hydrogens (tertiary/aromatic N) is 3. The first kappa shape index (κ1) is 14.7. The van der Waals surface area contributed by atoms with E-state index in [1.165, 1.54) is 17.5 Å². The number of aryl methyl sites for hydroxylation is 1. The number of hydrogen-bond donors (Lipinski definition) is 1. The van der Waals surface area contributed by atoms with Crippen molar-refractivity contribution in [3.05, 3.63) is 40.3 Å². The number of carbonyl (C=O) groups excluding carboxylic acids is 1. The van der Waals surface area contributed by atoms with E-state index in [0.29, 0.717) is 27.5 Å². The van der Waals surface area contributed by atoms with Crippen LogP contribution in [0.25, 0.3) is 16.7 Å². The maximum Gasteiger partial charge on any atom is 0.232 e. The van der Waals surface area contributed by atoms with Crippen molar-refractivity contribution in [3.8, 4) is 0 Å². The third-order valence-electron chi connectivity index (χ3n) is 2.84. The minimum Gasteiger partial charge on any atom is -0.436 e. The standard InChI is InChI=1S/C14H11ClN4O2S/c1-2-12-18-19-14(22-12)16-6-8(7-20)13-17-10-5-9(15)3-4-11(10)21-13/h3-7H,2H2,1H3,(H,16,19). The predicted octanol–water partition coefficient (Wildman–Crippen LogP) is 3.55. The molecule has 0 atom stereocenters. The lowest BCUT2D eigenvalue weighted by molar-refractivity contribution is -0.103. The molecule has 22 heavy (non-hydrogen) atoms. The average Bonchev–Trinajstić information content (AvgIpc) is 3.14. The number of aromatic nitrogens is 3. The van der Waals surface area contributed by atoms with Gasteiger partial charge in [0.1, 0.15) is 10.5 Å². The zero-order valence-electron chi connectivity index (χ0n) is 11.5. The molecule has 0 aliphatic heterocycles. The number of benzene rings is 1. The second kappa shape index (κ2) is 6.25. The SMILES string of the molecule is CCc1nnc(NC=C(C=O)c2nc3cc(Cl)ccc3o2)s1. The lowest BCUT2D eigenvalue weighted by Gasteiger charge is -1.95. The molecule has 0 bridgehead atoms. The van der Waals surface area contributed by atoms with Crippen molar-refractivity contribution in [2.45, 2.75) is 13.3 Å². The number of aldehydes is 1. The highest BCUT2D eigenvalue weighted by atomic mass is 35.5. The van der Waals surface area contributed by atoms with Gasteiger partial charge in [0.05, 0.1) is 5.57 Å². The normalized spacial score (nSPS) is 11.8. The molecule has 112 valence electrons. The van der Waals surface area contributed by atoms with Crippen LogP contribution in [0, 0.1) is 0 Å². The van der Waals surface area contributed by atoms with Gasteiger partial charge in [-0.3, -0.25) is 4.79 Å². The highest BCUT2D eigenvalue weighted by Gasteiger charge is 2.11. The van der Waals surface area contributed by atoms with Crippen LogP contribution in [0.2, 0.25) is 5.02 Å². The number of fused-ring (bicyclic) bond motifs is 1. The largest absolute Gasteiger partial charge is 0.436 e. The number of carbonyl (C=O) groups is 1. The highest BCUT2D eigenvalue weighted by molar-refractivity contribution is 7.15. The first-order chi connectivity index (χ1) is 10.7. The zero-order chi connectivity index (χ0) is 15.5. The van der Waals surface area contributed by atoms with Crippen LogP contribution < -0.4 is 5.32 Å². The maximum absolute atomic E-state index is 11.3. The summed E-state index contributed by atoms with van der Waals surface area (Å²) in [5.41, 5.74) is 1.44. The molecule has 0 saturated heterocycles. The van der Waals surface area contributed by atoms with Crippen LogP contribution in [0.15, 0.2) is 28.8 Å². The van der Waals surface area contributed by atoms with Gasteiger partial charge >= 0.3 is 0 Å². The molecular formula is C14H11ClN4O2S. The summed E-state index contributed by atoms with van der Waals surface area (Å²) in [6.45, 7) is 2.00. The molecule has 1 aromatic carbocycles. The van der Waals surface area contributed by atoms with Gasteiger partial charge in [-0.2, -0.15) is 0 Å². The fraction of sp³-hybridized carbons (Fsp3) is 0.143. The van der Waals surface area contributed by atoms with E-state index >= 15 is 0 Å². The molecule has 2 aromatic heterocycles. The van der Waals surface area contributed by atoms with Crippen molar-refractivity contribution < 1.29 is 9.21 Å². The van der Waals surface area contributed by atoms with Crippen molar-refractivity contribution >= 4 is 51.0 Å². The zero-order valence-corrected chi connectivity index (χ0v) is 13.1. The van der Waals surface area contributed by atoms with E-state index < -0.39 is 0 Å². The Morgan fingerprint density at radius 2 is 2.32 bits per heavy atom. The van der Waals surface area contributed by atoms with Gasteiger partial charge in [0, 0.05) is 11.2 Å². The quantitative estimate of drug-likeness (QED) is 0.567. The summed E-state index contributed by atoms with van der Waals surface area (Å²) in [7, 11) is 0. The number of oxazole rings is 1. The Morgan fingerprint density at radius 3 is 3.05 bits per heavy atom. The molecule has 3 aromatic rings. The van der Waals surface area contributed by atoms with E-state index in [9.17, 15) is 4.79 Å². The summed E-state index contributed by atoms with van der Waals surface area (Å²) >= 11 is 7.33. The smallest absolute Gasteiger partial charge is 0.232 e. The van der Waals surface area contributed by atoms with Gasteiger partial charge in [0.2, 0.25) is 11.0 Å². The van der Waals surface area contributed by atoms with Crippen molar-refractivity contribution in [1.29, 1.82) is 0 Å². The Morgan fingerprint density at radius 1 is 1.45 bits per heavy atom. The van der Waals surface area contributed by atoms with E-state index in [1.54, 1.807) is 18.2 Å². The van der Waals surface area contributed by atoms with E-state index in [2.05, 4.69) is 20.5 Å². The van der Waals surface area contributed by atoms with Crippen molar-refractivity contribution in [1.82, 2.24) is 15.2 Å². The fourth-order valence-corrected chi connectivity index (χ4v) is 2.58. The number of halogens is 1. The number of rotatable bonds is 5. The minimum absolute atomic E-state index is 0.222. The molecule has 3 rings (SSSR count). The molecule has 0 aliphatic carbocycles. The summed E-state index contributed by atoms with van der Waals surface area (Å²) in [5, 5.41) is 13.0. The van der Waals surface area contributed by atoms with E-state index in [4.69, 9.17) is 16.0 Å². The molecule has 0 saturated carbocycles. The van der Waals surface area contributed by atoms with Gasteiger partial charge < -0.3 is 9.73 Å². The van der Waals surface area contributed by atoms with Gasteiger partial charge in [0.15, 0.2) is 11.9 Å². The number of anilines is 1. The topological polar surface area (TPSA) is 80.9 Å². The second-order valence-corrected chi connectivity index (χ2v) is 5.85. The third kappa shape index (κ3) is 3.00. The Hall–Kier alpha value is -2.25. The maximum atomic E-state index is 11.3. The molecule has 1 N–H and O–H groups in total. The minimum atomic E-state index is 0.222. The molecule has 0 spiro atoms. The first-order valence-corrected chi connectivity index (χ1v) is 7.69. The molecular weight excluding hydrogens is 324 g/mol. The van der Waals surface area contributed by atoms with Gasteiger partial charge in [-0.25, -0.2) is 4.98 Å². The molecule has 0 amide bonds. The molecule has 0 unspecified atom stereocenters. The summed E-state index contributed by atoms with van der Waals surface area (Å²) in [5.74, 6) is 0.222. The molecule has 0 radical (unpaired) electrons. The lowest BCUT2D eigenvalue weighted by Crippen LogP contribution is -1.93. The van der Waals surface area contributed by atoms with Crippen LogP contribution >= 0.6 is 22.9 Å². The van der Waals surface area contributed by atoms with Crippen LogP contribution in [-0.2, 0) is 11.2 Å². The van der Waals surface area contributed by atoms with Crippen molar-refractivity contribution in [3.63, 3.8) is 0 Å². The number of allylic oxidation sites excluding steroid dienone is 1. The van der Waals surface area contributed by atoms with Gasteiger partial charge in [-0.05, 0) is 24.6 Å². The highest BCUT2D eigenvalue weighted by Crippen LogP contribution is 2.23. The summed E-state index contributed by atoms with van der Waals surface area (Å²) < 4.78 is 5.55. The summed E-state index contributed by atoms with van der Waals surface area (Å²) in [4.78, 5) is 15.5. The van der Waals surface area contributed by atoms with E-state index in [-0.39, 0.29) is 11.5 Å². The van der Waals surface area contributed by atoms with Gasteiger partial charge in [0.25, 0.3) is 0 Å².